The van der Waals surface area contributed by atoms with Gasteiger partial charge in [0.2, 0.25) is 0 Å². The first kappa shape index (κ1) is 19.1. The summed E-state index contributed by atoms with van der Waals surface area (Å²) in [6.07, 6.45) is 2.36. The lowest BCUT2D eigenvalue weighted by molar-refractivity contribution is 0.295. The molecule has 1 aromatic heterocycles. The van der Waals surface area contributed by atoms with Crippen molar-refractivity contribution in [2.75, 3.05) is 25.0 Å². The first-order valence-corrected chi connectivity index (χ1v) is 10.4. The standard InChI is InChI=1S/C22H28BrN3/c1-4-26(5-2)14-8-9-16(3)24-22-18-10-6-7-11-20(18)25-21-13-12-17(23)15-19(21)22/h6-7,10-13,15-16H,4-5,8-9,14H2,1-3H3,(H,24,25)/t16-/m1/s1. The van der Waals surface area contributed by atoms with Crippen LogP contribution in [0.1, 0.15) is 33.6 Å². The van der Waals surface area contributed by atoms with Crippen molar-refractivity contribution in [3.63, 3.8) is 0 Å². The second kappa shape index (κ2) is 8.83. The van der Waals surface area contributed by atoms with Gasteiger partial charge in [0.1, 0.15) is 0 Å². The summed E-state index contributed by atoms with van der Waals surface area (Å²) in [6.45, 7) is 10.2. The van der Waals surface area contributed by atoms with Crippen molar-refractivity contribution < 1.29 is 0 Å². The van der Waals surface area contributed by atoms with Gasteiger partial charge in [0.15, 0.2) is 0 Å². The van der Waals surface area contributed by atoms with E-state index in [2.05, 4.69) is 89.4 Å². The van der Waals surface area contributed by atoms with Crippen LogP contribution in [0, 0.1) is 0 Å². The summed E-state index contributed by atoms with van der Waals surface area (Å²) in [5.41, 5.74) is 3.27. The molecule has 0 aliphatic heterocycles. The van der Waals surface area contributed by atoms with E-state index in [0.717, 1.165) is 35.0 Å². The number of rotatable bonds is 8. The van der Waals surface area contributed by atoms with E-state index in [1.165, 1.54) is 29.4 Å². The number of anilines is 1. The zero-order chi connectivity index (χ0) is 18.5. The van der Waals surface area contributed by atoms with Gasteiger partial charge < -0.3 is 10.2 Å². The van der Waals surface area contributed by atoms with Crippen molar-refractivity contribution in [2.24, 2.45) is 0 Å². The summed E-state index contributed by atoms with van der Waals surface area (Å²) in [6, 6.07) is 15.1. The molecule has 4 heteroatoms. The Morgan fingerprint density at radius 3 is 2.54 bits per heavy atom. The van der Waals surface area contributed by atoms with Crippen molar-refractivity contribution in [2.45, 2.75) is 39.7 Å². The van der Waals surface area contributed by atoms with Gasteiger partial charge in [0.05, 0.1) is 16.7 Å². The lowest BCUT2D eigenvalue weighted by Crippen LogP contribution is -2.25. The van der Waals surface area contributed by atoms with Crippen molar-refractivity contribution in [3.8, 4) is 0 Å². The normalized spacial score (nSPS) is 12.8. The molecule has 1 N–H and O–H groups in total. The molecule has 138 valence electrons. The molecule has 0 aliphatic rings. The number of benzene rings is 2. The van der Waals surface area contributed by atoms with Crippen molar-refractivity contribution in [1.29, 1.82) is 0 Å². The first-order chi connectivity index (χ1) is 12.6. The van der Waals surface area contributed by atoms with Gasteiger partial charge >= 0.3 is 0 Å². The Morgan fingerprint density at radius 2 is 1.77 bits per heavy atom. The third kappa shape index (κ3) is 4.36. The van der Waals surface area contributed by atoms with Gasteiger partial charge in [0, 0.05) is 21.3 Å². The fourth-order valence-electron chi connectivity index (χ4n) is 3.50. The fourth-order valence-corrected chi connectivity index (χ4v) is 3.86. The number of nitrogens with one attached hydrogen (secondary N) is 1. The maximum absolute atomic E-state index is 4.83. The Kier molecular flexibility index (Phi) is 6.49. The maximum atomic E-state index is 4.83. The lowest BCUT2D eigenvalue weighted by Gasteiger charge is -2.21. The summed E-state index contributed by atoms with van der Waals surface area (Å²) in [5, 5.41) is 6.15. The molecule has 1 heterocycles. The highest BCUT2D eigenvalue weighted by Gasteiger charge is 2.12. The molecule has 0 radical (unpaired) electrons. The number of aromatic nitrogens is 1. The quantitative estimate of drug-likeness (QED) is 0.453. The molecular weight excluding hydrogens is 386 g/mol. The number of fused-ring (bicyclic) bond motifs is 2. The molecule has 0 spiro atoms. The SMILES string of the molecule is CCN(CC)CCC[C@@H](C)Nc1c2ccccc2nc2ccc(Br)cc12. The van der Waals surface area contributed by atoms with E-state index in [1.807, 2.05) is 0 Å². The van der Waals surface area contributed by atoms with E-state index >= 15 is 0 Å². The third-order valence-electron chi connectivity index (χ3n) is 5.04. The first-order valence-electron chi connectivity index (χ1n) is 9.59. The fraction of sp³-hybridized carbons (Fsp3) is 0.409. The molecule has 0 fully saturated rings. The second-order valence-corrected chi connectivity index (χ2v) is 7.80. The molecular formula is C22H28BrN3. The lowest BCUT2D eigenvalue weighted by atomic mass is 10.1. The van der Waals surface area contributed by atoms with E-state index in [0.29, 0.717) is 6.04 Å². The van der Waals surface area contributed by atoms with Crippen LogP contribution >= 0.6 is 15.9 Å². The van der Waals surface area contributed by atoms with Crippen LogP contribution in [0.15, 0.2) is 46.9 Å². The highest BCUT2D eigenvalue weighted by Crippen LogP contribution is 2.33. The number of para-hydroxylation sites is 1. The molecule has 0 aliphatic carbocycles. The van der Waals surface area contributed by atoms with Gasteiger partial charge in [-0.05, 0) is 63.7 Å². The molecule has 3 rings (SSSR count). The second-order valence-electron chi connectivity index (χ2n) is 6.88. The number of hydrogen-bond acceptors (Lipinski definition) is 3. The minimum absolute atomic E-state index is 0.415. The average molecular weight is 414 g/mol. The Hall–Kier alpha value is -1.65. The van der Waals surface area contributed by atoms with E-state index in [9.17, 15) is 0 Å². The molecule has 2 aromatic carbocycles. The van der Waals surface area contributed by atoms with Crippen LogP contribution in [0.4, 0.5) is 5.69 Å². The number of pyridine rings is 1. The van der Waals surface area contributed by atoms with Crippen molar-refractivity contribution >= 4 is 43.4 Å². The van der Waals surface area contributed by atoms with Crippen LogP contribution in [0.5, 0.6) is 0 Å². The van der Waals surface area contributed by atoms with Gasteiger partial charge in [-0.25, -0.2) is 4.98 Å². The summed E-state index contributed by atoms with van der Waals surface area (Å²) < 4.78 is 1.08. The number of hydrogen-bond donors (Lipinski definition) is 1. The smallest absolute Gasteiger partial charge is 0.0731 e. The van der Waals surface area contributed by atoms with Crippen molar-refractivity contribution in [3.05, 3.63) is 46.9 Å². The monoisotopic (exact) mass is 413 g/mol. The molecule has 0 unspecified atom stereocenters. The molecule has 0 amide bonds. The van der Waals surface area contributed by atoms with Crippen molar-refractivity contribution in [1.82, 2.24) is 9.88 Å². The van der Waals surface area contributed by atoms with Crippen LogP contribution in [0.2, 0.25) is 0 Å². The highest BCUT2D eigenvalue weighted by molar-refractivity contribution is 9.10. The molecule has 3 nitrogen and oxygen atoms in total. The molecule has 1 atom stereocenters. The van der Waals surface area contributed by atoms with Crippen LogP contribution in [-0.4, -0.2) is 35.6 Å². The van der Waals surface area contributed by atoms with E-state index in [4.69, 9.17) is 4.98 Å². The topological polar surface area (TPSA) is 28.2 Å². The third-order valence-corrected chi connectivity index (χ3v) is 5.53. The van der Waals surface area contributed by atoms with E-state index in [-0.39, 0.29) is 0 Å². The minimum Gasteiger partial charge on any atom is -0.381 e. The van der Waals surface area contributed by atoms with E-state index in [1.54, 1.807) is 0 Å². The summed E-state index contributed by atoms with van der Waals surface area (Å²) >= 11 is 3.61. The Bertz CT molecular complexity index is 874. The van der Waals surface area contributed by atoms with Crippen LogP contribution in [0.25, 0.3) is 21.8 Å². The average Bonchev–Trinajstić information content (AvgIpc) is 2.65. The summed E-state index contributed by atoms with van der Waals surface area (Å²) in [4.78, 5) is 7.31. The van der Waals surface area contributed by atoms with Gasteiger partial charge in [-0.2, -0.15) is 0 Å². The summed E-state index contributed by atoms with van der Waals surface area (Å²) in [7, 11) is 0. The predicted molar refractivity (Wildman–Crippen MR) is 117 cm³/mol. The van der Waals surface area contributed by atoms with Gasteiger partial charge in [0.25, 0.3) is 0 Å². The molecule has 0 saturated carbocycles. The van der Waals surface area contributed by atoms with Gasteiger partial charge in [-0.3, -0.25) is 0 Å². The Morgan fingerprint density at radius 1 is 1.04 bits per heavy atom. The Labute approximate surface area is 164 Å². The maximum Gasteiger partial charge on any atom is 0.0731 e. The zero-order valence-corrected chi connectivity index (χ0v) is 17.5. The van der Waals surface area contributed by atoms with Crippen LogP contribution in [-0.2, 0) is 0 Å². The molecule has 26 heavy (non-hydrogen) atoms. The van der Waals surface area contributed by atoms with Crippen LogP contribution in [0.3, 0.4) is 0 Å². The predicted octanol–water partition coefficient (Wildman–Crippen LogP) is 6.07. The number of nitrogens with zero attached hydrogens (tertiary/aromatic N) is 2. The Balaban J connectivity index is 1.86. The van der Waals surface area contributed by atoms with Gasteiger partial charge in [-0.15, -0.1) is 0 Å². The zero-order valence-electron chi connectivity index (χ0n) is 15.9. The summed E-state index contributed by atoms with van der Waals surface area (Å²) in [5.74, 6) is 0. The molecule has 0 saturated heterocycles. The molecule has 0 bridgehead atoms. The number of halogens is 1. The molecule has 3 aromatic rings. The van der Waals surface area contributed by atoms with Crippen LogP contribution < -0.4 is 5.32 Å². The van der Waals surface area contributed by atoms with E-state index < -0.39 is 0 Å². The van der Waals surface area contributed by atoms with Gasteiger partial charge in [-0.1, -0.05) is 48.0 Å². The highest BCUT2D eigenvalue weighted by atomic mass is 79.9. The minimum atomic E-state index is 0.415. The largest absolute Gasteiger partial charge is 0.381 e.